The van der Waals surface area contributed by atoms with E-state index in [1.807, 2.05) is 79.0 Å². The molecule has 1 radical (unpaired) electrons. The Bertz CT molecular complexity index is 3630. The third-order valence-electron chi connectivity index (χ3n) is 12.4. The van der Waals surface area contributed by atoms with Crippen LogP contribution in [-0.2, 0) is 25.5 Å². The number of benzene rings is 7. The van der Waals surface area contributed by atoms with Crippen molar-refractivity contribution in [1.82, 2.24) is 19.5 Å². The second kappa shape index (κ2) is 17.9. The van der Waals surface area contributed by atoms with Crippen molar-refractivity contribution in [2.45, 2.75) is 72.6 Å². The molecule has 6 heteroatoms. The first-order valence-electron chi connectivity index (χ1n) is 23.9. The molecule has 66 heavy (non-hydrogen) atoms. The number of hydrogen-bond acceptors (Lipinski definition) is 4. The summed E-state index contributed by atoms with van der Waals surface area (Å²) in [6.07, 6.45) is 1.87. The van der Waals surface area contributed by atoms with Gasteiger partial charge in [-0.2, -0.15) is 0 Å². The first-order chi connectivity index (χ1) is 32.7. The van der Waals surface area contributed by atoms with Crippen LogP contribution in [0.2, 0.25) is 0 Å². The number of rotatable bonds is 6. The number of fused-ring (bicyclic) bond motifs is 7. The molecule has 5 nitrogen and oxygen atoms in total. The van der Waals surface area contributed by atoms with Gasteiger partial charge in [0.15, 0.2) is 0 Å². The van der Waals surface area contributed by atoms with E-state index in [0.29, 0.717) is 27.8 Å². The van der Waals surface area contributed by atoms with E-state index in [2.05, 4.69) is 143 Å². The Hall–Kier alpha value is -6.72. The van der Waals surface area contributed by atoms with Crippen LogP contribution in [0.25, 0.3) is 94.2 Å². The minimum absolute atomic E-state index is 0. The summed E-state index contributed by atoms with van der Waals surface area (Å²) in [6, 6.07) is 57.6. The van der Waals surface area contributed by atoms with Crippen LogP contribution in [0.1, 0.15) is 86.7 Å². The average molecular weight is 1040 g/mol. The second-order valence-electron chi connectivity index (χ2n) is 18.5. The van der Waals surface area contributed by atoms with E-state index in [1.54, 1.807) is 6.07 Å². The second-order valence-corrected chi connectivity index (χ2v) is 18.5. The van der Waals surface area contributed by atoms with E-state index >= 15 is 0 Å². The molecule has 7 aromatic carbocycles. The van der Waals surface area contributed by atoms with Crippen molar-refractivity contribution in [3.05, 3.63) is 192 Å². The molecule has 0 amide bonds. The molecule has 0 aliphatic heterocycles. The SMILES string of the molecule is CC(C)(C)c1ccnc(-c2[c-]cccc2)c1.[2H]C([2H])([2H])c1cc2cc3c(nc2c2ccccc12)oc1c(-c2nc4ccccc4n2-c2c(C(C)C)cc(-c4ccccc4)cc2C(C)C)[c-]ccc13.[Ir]. The monoisotopic (exact) mass is 1040 g/mol. The van der Waals surface area contributed by atoms with Crippen molar-refractivity contribution >= 4 is 54.8 Å². The van der Waals surface area contributed by atoms with Crippen molar-refractivity contribution in [1.29, 1.82) is 0 Å². The fourth-order valence-corrected chi connectivity index (χ4v) is 8.96. The molecule has 0 spiro atoms. The number of aryl methyl sites for hydroxylation is 1. The third-order valence-corrected chi connectivity index (χ3v) is 12.4. The molecule has 0 unspecified atom stereocenters. The Morgan fingerprint density at radius 2 is 1.36 bits per heavy atom. The minimum Gasteiger partial charge on any atom is -0.486 e. The number of aromatic nitrogens is 4. The van der Waals surface area contributed by atoms with E-state index in [0.717, 1.165) is 60.9 Å². The summed E-state index contributed by atoms with van der Waals surface area (Å²) in [5, 5.41) is 3.88. The first kappa shape index (κ1) is 40.8. The fraction of sp³-hybridized carbons (Fsp3) is 0.183. The maximum atomic E-state index is 8.27. The summed E-state index contributed by atoms with van der Waals surface area (Å²) in [6.45, 7) is 13.4. The zero-order valence-corrected chi connectivity index (χ0v) is 40.6. The Balaban J connectivity index is 0.000000296. The van der Waals surface area contributed by atoms with Crippen LogP contribution in [0.15, 0.2) is 162 Å². The predicted octanol–water partition coefficient (Wildman–Crippen LogP) is 16.2. The molecular weight excluding hydrogens is 985 g/mol. The summed E-state index contributed by atoms with van der Waals surface area (Å²) >= 11 is 0. The van der Waals surface area contributed by atoms with E-state index in [-0.39, 0.29) is 37.4 Å². The van der Waals surface area contributed by atoms with Gasteiger partial charge in [0.1, 0.15) is 0 Å². The molecule has 4 heterocycles. The van der Waals surface area contributed by atoms with E-state index < -0.39 is 6.85 Å². The Kier molecular flexibility index (Phi) is 11.1. The number of hydrogen-bond donors (Lipinski definition) is 0. The largest absolute Gasteiger partial charge is 0.486 e. The minimum atomic E-state index is -2.27. The van der Waals surface area contributed by atoms with Crippen molar-refractivity contribution in [2.75, 3.05) is 0 Å². The summed E-state index contributed by atoms with van der Waals surface area (Å²) in [5.41, 5.74) is 14.2. The van der Waals surface area contributed by atoms with Gasteiger partial charge in [-0.3, -0.25) is 4.98 Å². The zero-order valence-electron chi connectivity index (χ0n) is 41.2. The maximum absolute atomic E-state index is 8.27. The van der Waals surface area contributed by atoms with Crippen LogP contribution in [0, 0.1) is 19.0 Å². The molecule has 329 valence electrons. The van der Waals surface area contributed by atoms with Crippen LogP contribution < -0.4 is 0 Å². The van der Waals surface area contributed by atoms with E-state index in [9.17, 15) is 0 Å². The molecular formula is C60H52IrN4O-2. The molecule has 0 saturated heterocycles. The zero-order chi connectivity index (χ0) is 47.5. The Morgan fingerprint density at radius 1 is 0.652 bits per heavy atom. The molecule has 11 rings (SSSR count). The van der Waals surface area contributed by atoms with E-state index in [1.165, 1.54) is 27.8 Å². The van der Waals surface area contributed by atoms with Gasteiger partial charge in [-0.05, 0) is 111 Å². The Morgan fingerprint density at radius 3 is 2.08 bits per heavy atom. The third kappa shape index (κ3) is 8.14. The van der Waals surface area contributed by atoms with E-state index in [4.69, 9.17) is 18.5 Å². The van der Waals surface area contributed by atoms with Gasteiger partial charge in [-0.15, -0.1) is 54.1 Å². The molecule has 11 aromatic rings. The van der Waals surface area contributed by atoms with Crippen LogP contribution >= 0.6 is 0 Å². The van der Waals surface area contributed by atoms with Crippen molar-refractivity contribution < 1.29 is 28.6 Å². The number of nitrogens with zero attached hydrogens (tertiary/aromatic N) is 4. The number of para-hydroxylation sites is 2. The standard InChI is InChI=1S/C45H36N3O.C15H16N.Ir/c1-26(2)36-23-30(29-14-7-6-8-15-29)24-37(27(3)4)42(36)48-40-21-12-11-20-39(40)46-44(48)35-19-13-18-34-38-25-31-22-28(5)32-16-9-10-17-33(32)41(31)47-45(38)49-43(34)35;1-15(2,3)13-9-10-16-14(11-13)12-7-5-4-6-8-12;/h6-18,20-27H,1-5H3;4-7,9-11H,1-3H3;/q2*-1;/i5D3;;. The first-order valence-corrected chi connectivity index (χ1v) is 22.4. The molecule has 0 aliphatic rings. The van der Waals surface area contributed by atoms with Crippen molar-refractivity contribution in [3.63, 3.8) is 0 Å². The van der Waals surface area contributed by atoms with Crippen LogP contribution in [-0.4, -0.2) is 19.5 Å². The number of imidazole rings is 1. The normalized spacial score (nSPS) is 12.7. The van der Waals surface area contributed by atoms with Gasteiger partial charge in [0.05, 0.1) is 28.0 Å². The average Bonchev–Trinajstić information content (AvgIpc) is 3.91. The van der Waals surface area contributed by atoms with Gasteiger partial charge < -0.3 is 14.0 Å². The molecule has 0 aliphatic carbocycles. The van der Waals surface area contributed by atoms with Crippen molar-refractivity contribution in [3.8, 4) is 39.5 Å². The maximum Gasteiger partial charge on any atom is 0.216 e. The predicted molar refractivity (Wildman–Crippen MR) is 271 cm³/mol. The van der Waals surface area contributed by atoms with Gasteiger partial charge in [-0.1, -0.05) is 132 Å². The topological polar surface area (TPSA) is 56.7 Å². The smallest absolute Gasteiger partial charge is 0.216 e. The molecule has 0 saturated carbocycles. The summed E-state index contributed by atoms with van der Waals surface area (Å²) < 4.78 is 33.8. The van der Waals surface area contributed by atoms with Gasteiger partial charge in [-0.25, -0.2) is 4.98 Å². The quantitative estimate of drug-likeness (QED) is 0.123. The molecule has 0 bridgehead atoms. The van der Waals surface area contributed by atoms with Crippen LogP contribution in [0.4, 0.5) is 0 Å². The number of pyridine rings is 2. The van der Waals surface area contributed by atoms with Crippen molar-refractivity contribution in [2.24, 2.45) is 0 Å². The molecule has 0 atom stereocenters. The summed E-state index contributed by atoms with van der Waals surface area (Å²) in [7, 11) is 0. The van der Waals surface area contributed by atoms with Crippen LogP contribution in [0.3, 0.4) is 0 Å². The number of furan rings is 1. The molecule has 0 fully saturated rings. The molecule has 0 N–H and O–H groups in total. The fourth-order valence-electron chi connectivity index (χ4n) is 8.96. The van der Waals surface area contributed by atoms with Gasteiger partial charge in [0, 0.05) is 52.3 Å². The molecule has 4 aromatic heterocycles. The summed E-state index contributed by atoms with van der Waals surface area (Å²) in [5.74, 6) is 1.19. The van der Waals surface area contributed by atoms with Gasteiger partial charge >= 0.3 is 0 Å². The Labute approximate surface area is 405 Å². The van der Waals surface area contributed by atoms with Crippen LogP contribution in [0.5, 0.6) is 0 Å². The summed E-state index contributed by atoms with van der Waals surface area (Å²) in [4.78, 5) is 14.7. The van der Waals surface area contributed by atoms with Gasteiger partial charge in [0.2, 0.25) is 5.71 Å². The van der Waals surface area contributed by atoms with Gasteiger partial charge in [0.25, 0.3) is 0 Å².